The molecule has 0 saturated carbocycles. The van der Waals surface area contributed by atoms with Crippen LogP contribution in [0, 0.1) is 6.92 Å². The van der Waals surface area contributed by atoms with Gasteiger partial charge in [0.2, 0.25) is 0 Å². The Hall–Kier alpha value is -0.870. The highest BCUT2D eigenvalue weighted by molar-refractivity contribution is 5.10. The van der Waals surface area contributed by atoms with E-state index in [-0.39, 0.29) is 6.04 Å². The van der Waals surface area contributed by atoms with E-state index in [1.54, 1.807) is 0 Å². The van der Waals surface area contributed by atoms with E-state index < -0.39 is 0 Å². The number of aromatic nitrogens is 2. The van der Waals surface area contributed by atoms with Gasteiger partial charge in [0.15, 0.2) is 0 Å². The van der Waals surface area contributed by atoms with Gasteiger partial charge in [-0.05, 0) is 47.0 Å². The Morgan fingerprint density at radius 1 is 1.50 bits per heavy atom. The van der Waals surface area contributed by atoms with E-state index >= 15 is 0 Å². The van der Waals surface area contributed by atoms with E-state index in [9.17, 15) is 0 Å². The van der Waals surface area contributed by atoms with Crippen LogP contribution in [0.3, 0.4) is 0 Å². The van der Waals surface area contributed by atoms with Gasteiger partial charge in [0, 0.05) is 24.7 Å². The third-order valence-electron chi connectivity index (χ3n) is 2.70. The molecule has 1 rings (SSSR count). The van der Waals surface area contributed by atoms with Crippen molar-refractivity contribution in [1.29, 1.82) is 0 Å². The smallest absolute Gasteiger partial charge is 0.0596 e. The molecule has 0 saturated heterocycles. The quantitative estimate of drug-likeness (QED) is 0.785. The van der Waals surface area contributed by atoms with Crippen LogP contribution < -0.4 is 5.73 Å². The molecule has 1 aromatic heterocycles. The first-order valence-electron chi connectivity index (χ1n) is 5.96. The normalized spacial score (nSPS) is 13.4. The van der Waals surface area contributed by atoms with E-state index in [2.05, 4.69) is 37.1 Å². The SMILES string of the molecule is CCn1nc(C)cc1CC(N)CCN(C)C. The average Bonchev–Trinajstić information content (AvgIpc) is 2.55. The Kier molecular flexibility index (Phi) is 4.96. The largest absolute Gasteiger partial charge is 0.327 e. The maximum absolute atomic E-state index is 6.12. The van der Waals surface area contributed by atoms with Crippen molar-refractivity contribution in [3.8, 4) is 0 Å². The van der Waals surface area contributed by atoms with Gasteiger partial charge < -0.3 is 10.6 Å². The van der Waals surface area contributed by atoms with Gasteiger partial charge in [0.05, 0.1) is 5.69 Å². The van der Waals surface area contributed by atoms with Gasteiger partial charge in [0.1, 0.15) is 0 Å². The molecule has 0 bridgehead atoms. The molecule has 4 heteroatoms. The van der Waals surface area contributed by atoms with E-state index in [4.69, 9.17) is 5.73 Å². The number of hydrogen-bond donors (Lipinski definition) is 1. The molecule has 1 heterocycles. The van der Waals surface area contributed by atoms with Crippen molar-refractivity contribution >= 4 is 0 Å². The second-order valence-electron chi connectivity index (χ2n) is 4.65. The number of rotatable bonds is 6. The number of aryl methyl sites for hydroxylation is 2. The molecule has 1 aromatic rings. The van der Waals surface area contributed by atoms with Crippen molar-refractivity contribution in [2.24, 2.45) is 5.73 Å². The van der Waals surface area contributed by atoms with Gasteiger partial charge in [-0.25, -0.2) is 0 Å². The predicted octanol–water partition coefficient (Wildman–Crippen LogP) is 1.03. The first-order chi connectivity index (χ1) is 7.52. The predicted molar refractivity (Wildman–Crippen MR) is 67.5 cm³/mol. The van der Waals surface area contributed by atoms with Crippen molar-refractivity contribution in [2.75, 3.05) is 20.6 Å². The summed E-state index contributed by atoms with van der Waals surface area (Å²) in [6, 6.07) is 2.36. The summed E-state index contributed by atoms with van der Waals surface area (Å²) in [6.45, 7) is 6.10. The van der Waals surface area contributed by atoms with Gasteiger partial charge >= 0.3 is 0 Å². The minimum absolute atomic E-state index is 0.226. The molecule has 4 nitrogen and oxygen atoms in total. The lowest BCUT2D eigenvalue weighted by molar-refractivity contribution is 0.377. The Morgan fingerprint density at radius 3 is 2.75 bits per heavy atom. The van der Waals surface area contributed by atoms with Crippen LogP contribution in [-0.4, -0.2) is 41.4 Å². The van der Waals surface area contributed by atoms with Crippen LogP contribution >= 0.6 is 0 Å². The third kappa shape index (κ3) is 3.94. The van der Waals surface area contributed by atoms with E-state index in [0.29, 0.717) is 0 Å². The van der Waals surface area contributed by atoms with Gasteiger partial charge in [0.25, 0.3) is 0 Å². The van der Waals surface area contributed by atoms with Crippen molar-refractivity contribution in [3.63, 3.8) is 0 Å². The average molecular weight is 224 g/mol. The maximum Gasteiger partial charge on any atom is 0.0596 e. The van der Waals surface area contributed by atoms with Crippen LogP contribution in [0.4, 0.5) is 0 Å². The number of nitrogens with two attached hydrogens (primary N) is 1. The summed E-state index contributed by atoms with van der Waals surface area (Å²) in [6.07, 6.45) is 1.95. The minimum Gasteiger partial charge on any atom is -0.327 e. The highest BCUT2D eigenvalue weighted by Gasteiger charge is 2.09. The fourth-order valence-electron chi connectivity index (χ4n) is 1.83. The van der Waals surface area contributed by atoms with Crippen molar-refractivity contribution in [1.82, 2.24) is 14.7 Å². The lowest BCUT2D eigenvalue weighted by atomic mass is 10.1. The fraction of sp³-hybridized carbons (Fsp3) is 0.750. The van der Waals surface area contributed by atoms with Crippen molar-refractivity contribution < 1.29 is 0 Å². The first-order valence-corrected chi connectivity index (χ1v) is 5.96. The van der Waals surface area contributed by atoms with Gasteiger partial charge in [-0.1, -0.05) is 0 Å². The molecule has 1 unspecified atom stereocenters. The fourth-order valence-corrected chi connectivity index (χ4v) is 1.83. The summed E-state index contributed by atoms with van der Waals surface area (Å²) in [5, 5.41) is 4.43. The molecule has 92 valence electrons. The molecule has 16 heavy (non-hydrogen) atoms. The van der Waals surface area contributed by atoms with E-state index in [0.717, 1.165) is 31.6 Å². The molecule has 0 spiro atoms. The zero-order valence-electron chi connectivity index (χ0n) is 10.9. The van der Waals surface area contributed by atoms with Crippen molar-refractivity contribution in [3.05, 3.63) is 17.5 Å². The van der Waals surface area contributed by atoms with Gasteiger partial charge in [-0.15, -0.1) is 0 Å². The molecule has 1 atom stereocenters. The first kappa shape index (κ1) is 13.2. The van der Waals surface area contributed by atoms with Crippen LogP contribution in [0.1, 0.15) is 24.7 Å². The zero-order chi connectivity index (χ0) is 12.1. The lowest BCUT2D eigenvalue weighted by Crippen LogP contribution is -2.29. The Morgan fingerprint density at radius 2 is 2.19 bits per heavy atom. The minimum atomic E-state index is 0.226. The van der Waals surface area contributed by atoms with E-state index in [1.807, 2.05) is 11.6 Å². The summed E-state index contributed by atoms with van der Waals surface area (Å²) in [5.41, 5.74) is 8.46. The van der Waals surface area contributed by atoms with Gasteiger partial charge in [-0.3, -0.25) is 4.68 Å². The molecule has 0 amide bonds. The van der Waals surface area contributed by atoms with Gasteiger partial charge in [-0.2, -0.15) is 5.10 Å². The summed E-state index contributed by atoms with van der Waals surface area (Å²) in [5.74, 6) is 0. The van der Waals surface area contributed by atoms with Crippen LogP contribution in [0.2, 0.25) is 0 Å². The van der Waals surface area contributed by atoms with Crippen LogP contribution in [0.25, 0.3) is 0 Å². The molecule has 0 aromatic carbocycles. The molecule has 2 N–H and O–H groups in total. The van der Waals surface area contributed by atoms with Crippen LogP contribution in [0.5, 0.6) is 0 Å². The molecular weight excluding hydrogens is 200 g/mol. The highest BCUT2D eigenvalue weighted by atomic mass is 15.3. The Labute approximate surface area is 98.4 Å². The second-order valence-corrected chi connectivity index (χ2v) is 4.65. The standard InChI is InChI=1S/C12H24N4/c1-5-16-12(8-10(2)14-16)9-11(13)6-7-15(3)4/h8,11H,5-7,9,13H2,1-4H3. The lowest BCUT2D eigenvalue weighted by Gasteiger charge is -2.15. The Bertz CT molecular complexity index is 317. The van der Waals surface area contributed by atoms with Crippen LogP contribution in [-0.2, 0) is 13.0 Å². The topological polar surface area (TPSA) is 47.1 Å². The molecule has 0 radical (unpaired) electrons. The van der Waals surface area contributed by atoms with E-state index in [1.165, 1.54) is 5.69 Å². The molecular formula is C12H24N4. The zero-order valence-corrected chi connectivity index (χ0v) is 10.9. The molecule has 0 aliphatic rings. The summed E-state index contributed by atoms with van der Waals surface area (Å²) >= 11 is 0. The highest BCUT2D eigenvalue weighted by Crippen LogP contribution is 2.07. The summed E-state index contributed by atoms with van der Waals surface area (Å²) in [7, 11) is 4.15. The molecule has 0 fully saturated rings. The monoisotopic (exact) mass is 224 g/mol. The number of hydrogen-bond acceptors (Lipinski definition) is 3. The summed E-state index contributed by atoms with van der Waals surface area (Å²) < 4.78 is 2.05. The van der Waals surface area contributed by atoms with Crippen molar-refractivity contribution in [2.45, 2.75) is 39.3 Å². The molecule has 0 aliphatic heterocycles. The summed E-state index contributed by atoms with van der Waals surface area (Å²) in [4.78, 5) is 2.17. The van der Waals surface area contributed by atoms with Crippen LogP contribution in [0.15, 0.2) is 6.07 Å². The maximum atomic E-state index is 6.12. The second kappa shape index (κ2) is 6.01. The number of nitrogens with zero attached hydrogens (tertiary/aromatic N) is 3. The molecule has 0 aliphatic carbocycles. The Balaban J connectivity index is 2.51. The third-order valence-corrected chi connectivity index (χ3v) is 2.70.